The van der Waals surface area contributed by atoms with Gasteiger partial charge >= 0.3 is 0 Å². The van der Waals surface area contributed by atoms with Crippen LogP contribution in [-0.2, 0) is 0 Å². The van der Waals surface area contributed by atoms with Crippen LogP contribution in [0, 0.1) is 0 Å². The normalized spacial score (nSPS) is 15.0. The molecule has 1 saturated heterocycles. The molecule has 1 aliphatic rings. The summed E-state index contributed by atoms with van der Waals surface area (Å²) in [5.74, 6) is -0.137. The van der Waals surface area contributed by atoms with E-state index in [1.807, 2.05) is 22.9 Å². The second-order valence-electron chi connectivity index (χ2n) is 6.79. The van der Waals surface area contributed by atoms with Gasteiger partial charge in [-0.1, -0.05) is 23.4 Å². The molecule has 1 aromatic carbocycles. The molecule has 2 heterocycles. The van der Waals surface area contributed by atoms with E-state index in [-0.39, 0.29) is 5.91 Å². The van der Waals surface area contributed by atoms with E-state index in [9.17, 15) is 4.79 Å². The van der Waals surface area contributed by atoms with Gasteiger partial charge in [-0.3, -0.25) is 4.79 Å². The van der Waals surface area contributed by atoms with Gasteiger partial charge in [-0.2, -0.15) is 0 Å². The van der Waals surface area contributed by atoms with Gasteiger partial charge in [0.15, 0.2) is 5.69 Å². The van der Waals surface area contributed by atoms with E-state index < -0.39 is 0 Å². The van der Waals surface area contributed by atoms with Crippen LogP contribution in [0.2, 0.25) is 0 Å². The lowest BCUT2D eigenvalue weighted by Crippen LogP contribution is -2.29. The zero-order valence-corrected chi connectivity index (χ0v) is 15.4. The molecule has 0 aliphatic carbocycles. The van der Waals surface area contributed by atoms with Gasteiger partial charge in [-0.15, -0.1) is 5.10 Å². The fourth-order valence-electron chi connectivity index (χ4n) is 3.21. The molecular formula is C19H28N6O. The maximum atomic E-state index is 12.2. The van der Waals surface area contributed by atoms with Gasteiger partial charge < -0.3 is 15.5 Å². The second-order valence-corrected chi connectivity index (χ2v) is 6.79. The number of benzene rings is 1. The maximum Gasteiger partial charge on any atom is 0.273 e. The van der Waals surface area contributed by atoms with Gasteiger partial charge in [0.25, 0.3) is 5.91 Å². The van der Waals surface area contributed by atoms with Gasteiger partial charge in [0.1, 0.15) is 0 Å². The van der Waals surface area contributed by atoms with E-state index >= 15 is 0 Å². The zero-order chi connectivity index (χ0) is 18.2. The van der Waals surface area contributed by atoms with E-state index in [2.05, 4.69) is 45.0 Å². The lowest BCUT2D eigenvalue weighted by atomic mass is 10.1. The average Bonchev–Trinajstić information content (AvgIpc) is 3.19. The number of para-hydroxylation sites is 1. The first-order chi connectivity index (χ1) is 12.7. The van der Waals surface area contributed by atoms with E-state index in [0.29, 0.717) is 18.3 Å². The van der Waals surface area contributed by atoms with E-state index in [0.717, 1.165) is 45.3 Å². The molecule has 0 bridgehead atoms. The molecule has 0 saturated carbocycles. The zero-order valence-electron chi connectivity index (χ0n) is 15.4. The highest BCUT2D eigenvalue weighted by atomic mass is 16.2. The monoisotopic (exact) mass is 356 g/mol. The number of hydrogen-bond acceptors (Lipinski definition) is 5. The topological polar surface area (TPSA) is 75.1 Å². The molecule has 3 rings (SSSR count). The average molecular weight is 356 g/mol. The fourth-order valence-corrected chi connectivity index (χ4v) is 3.21. The highest BCUT2D eigenvalue weighted by Crippen LogP contribution is 2.17. The number of hydrogen-bond donors (Lipinski definition) is 2. The molecule has 0 unspecified atom stereocenters. The van der Waals surface area contributed by atoms with Gasteiger partial charge in [0.2, 0.25) is 0 Å². The third-order valence-electron chi connectivity index (χ3n) is 4.83. The number of aromatic nitrogens is 3. The Kier molecular flexibility index (Phi) is 6.60. The predicted molar refractivity (Wildman–Crippen MR) is 102 cm³/mol. The third kappa shape index (κ3) is 5.05. The van der Waals surface area contributed by atoms with Crippen molar-refractivity contribution in [2.75, 3.05) is 38.1 Å². The van der Waals surface area contributed by atoms with Crippen molar-refractivity contribution in [1.29, 1.82) is 0 Å². The number of carbonyl (C=O) groups is 1. The summed E-state index contributed by atoms with van der Waals surface area (Å²) in [5, 5.41) is 14.4. The molecule has 1 amide bonds. The van der Waals surface area contributed by atoms with Gasteiger partial charge in [0.05, 0.1) is 12.2 Å². The standard InChI is InChI=1S/C19H28N6O/c1-24(16-7-3-2-4-8-16)14-6-5-11-21-19(26)18-15-25(23-22-18)17-9-12-20-13-10-17/h2-4,7-8,15,17,20H,5-6,9-14H2,1H3,(H,21,26). The van der Waals surface area contributed by atoms with Crippen LogP contribution < -0.4 is 15.5 Å². The summed E-state index contributed by atoms with van der Waals surface area (Å²) in [6.45, 7) is 3.60. The van der Waals surface area contributed by atoms with E-state index in [1.54, 1.807) is 6.20 Å². The van der Waals surface area contributed by atoms with E-state index in [4.69, 9.17) is 0 Å². The highest BCUT2D eigenvalue weighted by Gasteiger charge is 2.18. The first-order valence-corrected chi connectivity index (χ1v) is 9.41. The van der Waals surface area contributed by atoms with Crippen molar-refractivity contribution in [2.24, 2.45) is 0 Å². The minimum atomic E-state index is -0.137. The fraction of sp³-hybridized carbons (Fsp3) is 0.526. The molecule has 7 heteroatoms. The van der Waals surface area contributed by atoms with Crippen molar-refractivity contribution in [1.82, 2.24) is 25.6 Å². The van der Waals surface area contributed by atoms with E-state index in [1.165, 1.54) is 5.69 Å². The molecule has 1 fully saturated rings. The molecular weight excluding hydrogens is 328 g/mol. The maximum absolute atomic E-state index is 12.2. The van der Waals surface area contributed by atoms with Crippen LogP contribution in [0.15, 0.2) is 36.5 Å². The summed E-state index contributed by atoms with van der Waals surface area (Å²) in [6.07, 6.45) is 5.78. The Morgan fingerprint density at radius 3 is 2.81 bits per heavy atom. The number of anilines is 1. The van der Waals surface area contributed by atoms with Gasteiger partial charge in [-0.25, -0.2) is 4.68 Å². The molecule has 26 heavy (non-hydrogen) atoms. The van der Waals surface area contributed by atoms with Crippen molar-refractivity contribution in [3.63, 3.8) is 0 Å². The van der Waals surface area contributed by atoms with Gasteiger partial charge in [-0.05, 0) is 50.9 Å². The summed E-state index contributed by atoms with van der Waals surface area (Å²) < 4.78 is 1.84. The summed E-state index contributed by atoms with van der Waals surface area (Å²) in [7, 11) is 2.09. The largest absolute Gasteiger partial charge is 0.375 e. The molecule has 1 aliphatic heterocycles. The summed E-state index contributed by atoms with van der Waals surface area (Å²) in [6, 6.07) is 10.7. The van der Waals surface area contributed by atoms with Crippen LogP contribution in [0.25, 0.3) is 0 Å². The first kappa shape index (κ1) is 18.4. The summed E-state index contributed by atoms with van der Waals surface area (Å²) in [5.41, 5.74) is 1.62. The number of rotatable bonds is 8. The molecule has 1 aromatic heterocycles. The Morgan fingerprint density at radius 1 is 1.27 bits per heavy atom. The Bertz CT molecular complexity index is 680. The number of nitrogens with zero attached hydrogens (tertiary/aromatic N) is 4. The molecule has 2 N–H and O–H groups in total. The number of amides is 1. The van der Waals surface area contributed by atoms with Crippen molar-refractivity contribution >= 4 is 11.6 Å². The Balaban J connectivity index is 1.36. The van der Waals surface area contributed by atoms with Crippen LogP contribution in [0.4, 0.5) is 5.69 Å². The smallest absolute Gasteiger partial charge is 0.273 e. The Hall–Kier alpha value is -2.41. The number of carbonyl (C=O) groups excluding carboxylic acids is 1. The van der Waals surface area contributed by atoms with Crippen molar-refractivity contribution < 1.29 is 4.79 Å². The SMILES string of the molecule is CN(CCCCNC(=O)c1cn(C2CCNCC2)nn1)c1ccccc1. The summed E-state index contributed by atoms with van der Waals surface area (Å²) >= 11 is 0. The predicted octanol–water partition coefficient (Wildman–Crippen LogP) is 1.85. The van der Waals surface area contributed by atoms with Crippen LogP contribution in [0.3, 0.4) is 0 Å². The van der Waals surface area contributed by atoms with Crippen LogP contribution in [-0.4, -0.2) is 54.1 Å². The molecule has 140 valence electrons. The van der Waals surface area contributed by atoms with Crippen molar-refractivity contribution in [3.8, 4) is 0 Å². The van der Waals surface area contributed by atoms with Crippen LogP contribution >= 0.6 is 0 Å². The Morgan fingerprint density at radius 2 is 2.04 bits per heavy atom. The molecule has 7 nitrogen and oxygen atoms in total. The number of unbranched alkanes of at least 4 members (excludes halogenated alkanes) is 1. The van der Waals surface area contributed by atoms with Crippen molar-refractivity contribution in [2.45, 2.75) is 31.7 Å². The third-order valence-corrected chi connectivity index (χ3v) is 4.83. The highest BCUT2D eigenvalue weighted by molar-refractivity contribution is 5.91. The lowest BCUT2D eigenvalue weighted by Gasteiger charge is -2.22. The molecule has 2 aromatic rings. The Labute approximate surface area is 154 Å². The number of piperidine rings is 1. The minimum Gasteiger partial charge on any atom is -0.375 e. The van der Waals surface area contributed by atoms with Crippen LogP contribution in [0.5, 0.6) is 0 Å². The molecule has 0 atom stereocenters. The van der Waals surface area contributed by atoms with Gasteiger partial charge in [0, 0.05) is 25.8 Å². The first-order valence-electron chi connectivity index (χ1n) is 9.41. The molecule has 0 radical (unpaired) electrons. The molecule has 0 spiro atoms. The lowest BCUT2D eigenvalue weighted by molar-refractivity contribution is 0.0948. The quantitative estimate of drug-likeness (QED) is 0.706. The minimum absolute atomic E-state index is 0.137. The van der Waals surface area contributed by atoms with Crippen LogP contribution in [0.1, 0.15) is 42.2 Å². The van der Waals surface area contributed by atoms with Crippen molar-refractivity contribution in [3.05, 3.63) is 42.2 Å². The second kappa shape index (κ2) is 9.33. The number of nitrogens with one attached hydrogen (secondary N) is 2. The summed E-state index contributed by atoms with van der Waals surface area (Å²) in [4.78, 5) is 14.4.